The van der Waals surface area contributed by atoms with Gasteiger partial charge in [-0.2, -0.15) is 0 Å². The number of hydrogen-bond donors (Lipinski definition) is 1. The van der Waals surface area contributed by atoms with Crippen molar-refractivity contribution in [1.29, 1.82) is 0 Å². The monoisotopic (exact) mass is 255 g/mol. The molecule has 0 fully saturated rings. The van der Waals surface area contributed by atoms with Crippen LogP contribution in [0.15, 0.2) is 24.3 Å². The summed E-state index contributed by atoms with van der Waals surface area (Å²) in [5.41, 5.74) is 0. The van der Waals surface area contributed by atoms with Crippen molar-refractivity contribution < 1.29 is 23.8 Å². The molecular weight excluding hydrogens is 241 g/mol. The van der Waals surface area contributed by atoms with Gasteiger partial charge in [-0.05, 0) is 19.1 Å². The quantitative estimate of drug-likeness (QED) is 0.856. The van der Waals surface area contributed by atoms with Crippen LogP contribution in [0.2, 0.25) is 0 Å². The number of hydrogen-bond acceptors (Lipinski definition) is 3. The molecule has 0 radical (unpaired) electrons. The molecule has 0 aromatic heterocycles. The number of carbonyl (C=O) groups excluding carboxylic acids is 1. The zero-order valence-corrected chi connectivity index (χ0v) is 10.1. The maximum atomic E-state index is 13.2. The van der Waals surface area contributed by atoms with Crippen molar-refractivity contribution in [2.24, 2.45) is 0 Å². The summed E-state index contributed by atoms with van der Waals surface area (Å²) in [7, 11) is 1.35. The predicted octanol–water partition coefficient (Wildman–Crippen LogP) is 1.14. The van der Waals surface area contributed by atoms with E-state index in [4.69, 9.17) is 9.84 Å². The fourth-order valence-corrected chi connectivity index (χ4v) is 1.18. The van der Waals surface area contributed by atoms with Gasteiger partial charge in [-0.3, -0.25) is 4.79 Å². The topological polar surface area (TPSA) is 66.8 Å². The number of aliphatic carboxylic acids is 1. The molecule has 1 rings (SSSR count). The maximum absolute atomic E-state index is 13.2. The van der Waals surface area contributed by atoms with E-state index >= 15 is 0 Å². The van der Waals surface area contributed by atoms with Gasteiger partial charge in [0.2, 0.25) is 0 Å². The summed E-state index contributed by atoms with van der Waals surface area (Å²) >= 11 is 0. The second-order valence-corrected chi connectivity index (χ2v) is 3.74. The molecule has 0 heterocycles. The molecule has 1 aromatic rings. The number of ether oxygens (including phenoxy) is 1. The number of carboxylic acids is 1. The Balaban J connectivity index is 2.56. The molecule has 1 N–H and O–H groups in total. The van der Waals surface area contributed by atoms with Crippen LogP contribution in [0.3, 0.4) is 0 Å². The summed E-state index contributed by atoms with van der Waals surface area (Å²) in [4.78, 5) is 23.3. The van der Waals surface area contributed by atoms with Crippen molar-refractivity contribution in [3.63, 3.8) is 0 Å². The van der Waals surface area contributed by atoms with Crippen LogP contribution in [0.25, 0.3) is 0 Å². The molecule has 0 bridgehead atoms. The van der Waals surface area contributed by atoms with Crippen molar-refractivity contribution in [3.8, 4) is 5.75 Å². The summed E-state index contributed by atoms with van der Waals surface area (Å²) in [6, 6.07) is 4.73. The maximum Gasteiger partial charge on any atom is 0.326 e. The number of nitrogens with zero attached hydrogens (tertiary/aromatic N) is 1. The average Bonchev–Trinajstić information content (AvgIpc) is 2.35. The molecule has 5 nitrogen and oxygen atoms in total. The third-order valence-corrected chi connectivity index (χ3v) is 2.52. The van der Waals surface area contributed by atoms with Crippen LogP contribution in [0.1, 0.15) is 6.92 Å². The fourth-order valence-electron chi connectivity index (χ4n) is 1.18. The number of carbonyl (C=O) groups is 2. The average molecular weight is 255 g/mol. The zero-order chi connectivity index (χ0) is 13.7. The zero-order valence-electron chi connectivity index (χ0n) is 10.1. The molecule has 0 saturated carbocycles. The van der Waals surface area contributed by atoms with Crippen LogP contribution >= 0.6 is 0 Å². The van der Waals surface area contributed by atoms with Crippen molar-refractivity contribution in [2.45, 2.75) is 13.0 Å². The van der Waals surface area contributed by atoms with E-state index < -0.39 is 30.3 Å². The summed E-state index contributed by atoms with van der Waals surface area (Å²) in [5, 5.41) is 8.74. The SMILES string of the molecule is CC(C(=O)O)N(C)C(=O)COc1ccccc1F. The Morgan fingerprint density at radius 2 is 2.06 bits per heavy atom. The van der Waals surface area contributed by atoms with Gasteiger partial charge in [-0.15, -0.1) is 0 Å². The minimum absolute atomic E-state index is 0.0396. The molecule has 0 aliphatic rings. The molecule has 18 heavy (non-hydrogen) atoms. The molecule has 98 valence electrons. The molecular formula is C12H14FNO4. The highest BCUT2D eigenvalue weighted by molar-refractivity contribution is 5.84. The number of carboxylic acid groups (broad SMARTS) is 1. The first-order valence-electron chi connectivity index (χ1n) is 5.29. The number of amides is 1. The predicted molar refractivity (Wildman–Crippen MR) is 61.8 cm³/mol. The molecule has 1 atom stereocenters. The van der Waals surface area contributed by atoms with Gasteiger partial charge in [-0.25, -0.2) is 9.18 Å². The van der Waals surface area contributed by atoms with Gasteiger partial charge >= 0.3 is 5.97 Å². The molecule has 1 unspecified atom stereocenters. The minimum atomic E-state index is -1.11. The molecule has 0 aliphatic carbocycles. The Labute approximate surface area is 104 Å². The van der Waals surface area contributed by atoms with Crippen LogP contribution in [0.4, 0.5) is 4.39 Å². The number of halogens is 1. The van der Waals surface area contributed by atoms with Gasteiger partial charge in [0.15, 0.2) is 18.2 Å². The normalized spacial score (nSPS) is 11.7. The van der Waals surface area contributed by atoms with E-state index in [9.17, 15) is 14.0 Å². The first-order chi connectivity index (χ1) is 8.43. The van der Waals surface area contributed by atoms with E-state index in [1.54, 1.807) is 6.07 Å². The number of para-hydroxylation sites is 1. The lowest BCUT2D eigenvalue weighted by Gasteiger charge is -2.21. The third kappa shape index (κ3) is 3.44. The van der Waals surface area contributed by atoms with Crippen LogP contribution in [-0.4, -0.2) is 41.6 Å². The van der Waals surface area contributed by atoms with Crippen molar-refractivity contribution in [1.82, 2.24) is 4.90 Å². The highest BCUT2D eigenvalue weighted by atomic mass is 19.1. The third-order valence-electron chi connectivity index (χ3n) is 2.52. The van der Waals surface area contributed by atoms with Crippen LogP contribution in [0, 0.1) is 5.82 Å². The summed E-state index contributed by atoms with van der Waals surface area (Å²) in [5.74, 6) is -2.26. The van der Waals surface area contributed by atoms with Crippen molar-refractivity contribution in [2.75, 3.05) is 13.7 Å². The molecule has 6 heteroatoms. The standard InChI is InChI=1S/C12H14FNO4/c1-8(12(16)17)14(2)11(15)7-18-10-6-4-3-5-9(10)13/h3-6,8H,7H2,1-2H3,(H,16,17). The largest absolute Gasteiger partial charge is 0.481 e. The second kappa shape index (κ2) is 6.00. The van der Waals surface area contributed by atoms with Gasteiger partial charge in [0, 0.05) is 7.05 Å². The second-order valence-electron chi connectivity index (χ2n) is 3.74. The Morgan fingerprint density at radius 1 is 1.44 bits per heavy atom. The van der Waals surface area contributed by atoms with Crippen molar-refractivity contribution >= 4 is 11.9 Å². The Hall–Kier alpha value is -2.11. The first-order valence-corrected chi connectivity index (χ1v) is 5.29. The first kappa shape index (κ1) is 14.0. The number of rotatable bonds is 5. The van der Waals surface area contributed by atoms with E-state index in [1.165, 1.54) is 32.2 Å². The lowest BCUT2D eigenvalue weighted by molar-refractivity contribution is -0.149. The van der Waals surface area contributed by atoms with Crippen molar-refractivity contribution in [3.05, 3.63) is 30.1 Å². The van der Waals surface area contributed by atoms with Gasteiger partial charge < -0.3 is 14.7 Å². The van der Waals surface area contributed by atoms with E-state index in [0.29, 0.717) is 0 Å². The van der Waals surface area contributed by atoms with Gasteiger partial charge in [0.25, 0.3) is 5.91 Å². The molecule has 0 spiro atoms. The highest BCUT2D eigenvalue weighted by Crippen LogP contribution is 2.15. The van der Waals surface area contributed by atoms with E-state index in [0.717, 1.165) is 4.90 Å². The summed E-state index contributed by atoms with van der Waals surface area (Å²) in [6.45, 7) is 0.971. The molecule has 1 amide bonds. The minimum Gasteiger partial charge on any atom is -0.481 e. The van der Waals surface area contributed by atoms with E-state index in [2.05, 4.69) is 0 Å². The molecule has 1 aromatic carbocycles. The molecule has 0 aliphatic heterocycles. The smallest absolute Gasteiger partial charge is 0.326 e. The Morgan fingerprint density at radius 3 is 2.61 bits per heavy atom. The Kier molecular flexibility index (Phi) is 4.65. The Bertz CT molecular complexity index is 449. The van der Waals surface area contributed by atoms with Gasteiger partial charge in [0.1, 0.15) is 6.04 Å². The van der Waals surface area contributed by atoms with Gasteiger partial charge in [0.05, 0.1) is 0 Å². The fraction of sp³-hybridized carbons (Fsp3) is 0.333. The highest BCUT2D eigenvalue weighted by Gasteiger charge is 2.22. The number of likely N-dealkylation sites (N-methyl/N-ethyl adjacent to an activating group) is 1. The van der Waals surface area contributed by atoms with E-state index in [1.807, 2.05) is 0 Å². The van der Waals surface area contributed by atoms with Gasteiger partial charge in [-0.1, -0.05) is 12.1 Å². The van der Waals surface area contributed by atoms with Crippen LogP contribution in [-0.2, 0) is 9.59 Å². The molecule has 0 saturated heterocycles. The lowest BCUT2D eigenvalue weighted by Crippen LogP contribution is -2.42. The van der Waals surface area contributed by atoms with Crippen LogP contribution in [0.5, 0.6) is 5.75 Å². The van der Waals surface area contributed by atoms with Crippen LogP contribution < -0.4 is 4.74 Å². The summed E-state index contributed by atoms with van der Waals surface area (Å²) < 4.78 is 18.2. The lowest BCUT2D eigenvalue weighted by atomic mass is 10.3. The summed E-state index contributed by atoms with van der Waals surface area (Å²) in [6.07, 6.45) is 0. The van der Waals surface area contributed by atoms with E-state index in [-0.39, 0.29) is 5.75 Å². The number of benzene rings is 1.